The predicted octanol–water partition coefficient (Wildman–Crippen LogP) is 2.95. The van der Waals surface area contributed by atoms with Crippen LogP contribution in [0.25, 0.3) is 11.3 Å². The molecule has 1 heterocycles. The van der Waals surface area contributed by atoms with Gasteiger partial charge >= 0.3 is 0 Å². The number of oxazole rings is 1. The SMILES string of the molecule is N#Cc1cccc(-c2cnc(CCl)o2)c1. The highest BCUT2D eigenvalue weighted by molar-refractivity contribution is 6.16. The third-order valence-electron chi connectivity index (χ3n) is 1.94. The van der Waals surface area contributed by atoms with Crippen molar-refractivity contribution < 1.29 is 4.42 Å². The minimum atomic E-state index is 0.248. The van der Waals surface area contributed by atoms with Crippen molar-refractivity contribution >= 4 is 11.6 Å². The molecule has 0 bridgehead atoms. The molecule has 15 heavy (non-hydrogen) atoms. The van der Waals surface area contributed by atoms with Gasteiger partial charge in [-0.2, -0.15) is 5.26 Å². The average Bonchev–Trinajstić information content (AvgIpc) is 2.78. The Bertz CT molecular complexity index is 513. The summed E-state index contributed by atoms with van der Waals surface area (Å²) in [5, 5.41) is 8.74. The molecule has 4 heteroatoms. The highest BCUT2D eigenvalue weighted by atomic mass is 35.5. The standard InChI is InChI=1S/C11H7ClN2O/c12-5-11-14-7-10(15-11)9-3-1-2-8(4-9)6-13/h1-4,7H,5H2. The summed E-state index contributed by atoms with van der Waals surface area (Å²) in [6.07, 6.45) is 1.61. The van der Waals surface area contributed by atoms with E-state index in [1.54, 1.807) is 24.4 Å². The summed E-state index contributed by atoms with van der Waals surface area (Å²) in [7, 11) is 0. The van der Waals surface area contributed by atoms with Gasteiger partial charge in [0.15, 0.2) is 5.76 Å². The van der Waals surface area contributed by atoms with Crippen molar-refractivity contribution in [2.75, 3.05) is 0 Å². The van der Waals surface area contributed by atoms with E-state index in [1.807, 2.05) is 6.07 Å². The summed E-state index contributed by atoms with van der Waals surface area (Å²) >= 11 is 5.58. The first-order chi connectivity index (χ1) is 7.33. The van der Waals surface area contributed by atoms with Gasteiger partial charge in [0, 0.05) is 5.56 Å². The highest BCUT2D eigenvalue weighted by Gasteiger charge is 2.05. The fraction of sp³-hybridized carbons (Fsp3) is 0.0909. The number of nitrogens with zero attached hydrogens (tertiary/aromatic N) is 2. The highest BCUT2D eigenvalue weighted by Crippen LogP contribution is 2.21. The van der Waals surface area contributed by atoms with Gasteiger partial charge in [0.25, 0.3) is 0 Å². The van der Waals surface area contributed by atoms with Crippen LogP contribution in [0.4, 0.5) is 0 Å². The molecule has 2 aromatic rings. The summed E-state index contributed by atoms with van der Waals surface area (Å²) in [4.78, 5) is 3.99. The fourth-order valence-corrected chi connectivity index (χ4v) is 1.37. The van der Waals surface area contributed by atoms with Gasteiger partial charge in [-0.05, 0) is 12.1 Å². The minimum absolute atomic E-state index is 0.248. The molecule has 0 saturated carbocycles. The summed E-state index contributed by atoms with van der Waals surface area (Å²) in [6.45, 7) is 0. The zero-order valence-electron chi connectivity index (χ0n) is 7.77. The second-order valence-electron chi connectivity index (χ2n) is 2.94. The van der Waals surface area contributed by atoms with Gasteiger partial charge in [0.1, 0.15) is 0 Å². The van der Waals surface area contributed by atoms with E-state index in [0.717, 1.165) is 5.56 Å². The van der Waals surface area contributed by atoms with E-state index in [9.17, 15) is 0 Å². The minimum Gasteiger partial charge on any atom is -0.439 e. The van der Waals surface area contributed by atoms with E-state index in [2.05, 4.69) is 11.1 Å². The Balaban J connectivity index is 2.41. The van der Waals surface area contributed by atoms with E-state index >= 15 is 0 Å². The van der Waals surface area contributed by atoms with Crippen molar-refractivity contribution in [3.05, 3.63) is 41.9 Å². The maximum absolute atomic E-state index is 8.74. The smallest absolute Gasteiger partial charge is 0.209 e. The van der Waals surface area contributed by atoms with Crippen molar-refractivity contribution in [1.82, 2.24) is 4.98 Å². The van der Waals surface area contributed by atoms with Crippen LogP contribution in [0, 0.1) is 11.3 Å². The quantitative estimate of drug-likeness (QED) is 0.729. The fourth-order valence-electron chi connectivity index (χ4n) is 1.25. The molecule has 1 aromatic heterocycles. The molecule has 0 aliphatic carbocycles. The van der Waals surface area contributed by atoms with Crippen LogP contribution in [0.5, 0.6) is 0 Å². The Morgan fingerprint density at radius 1 is 1.47 bits per heavy atom. The number of hydrogen-bond donors (Lipinski definition) is 0. The van der Waals surface area contributed by atoms with Crippen LogP contribution in [0.15, 0.2) is 34.9 Å². The lowest BCUT2D eigenvalue weighted by Gasteiger charge is -1.95. The molecular formula is C11H7ClN2O. The number of rotatable bonds is 2. The summed E-state index contributed by atoms with van der Waals surface area (Å²) < 4.78 is 5.37. The van der Waals surface area contributed by atoms with Crippen LogP contribution < -0.4 is 0 Å². The molecule has 0 aliphatic rings. The molecule has 1 aromatic carbocycles. The topological polar surface area (TPSA) is 49.8 Å². The van der Waals surface area contributed by atoms with Crippen LogP contribution in [0.1, 0.15) is 11.5 Å². The molecule has 0 spiro atoms. The first-order valence-electron chi connectivity index (χ1n) is 4.34. The van der Waals surface area contributed by atoms with Crippen molar-refractivity contribution in [2.24, 2.45) is 0 Å². The summed E-state index contributed by atoms with van der Waals surface area (Å²) in [5.41, 5.74) is 1.43. The average molecular weight is 219 g/mol. The van der Waals surface area contributed by atoms with Crippen molar-refractivity contribution in [3.8, 4) is 17.4 Å². The van der Waals surface area contributed by atoms with E-state index in [-0.39, 0.29) is 5.88 Å². The van der Waals surface area contributed by atoms with Crippen molar-refractivity contribution in [2.45, 2.75) is 5.88 Å². The van der Waals surface area contributed by atoms with Crippen LogP contribution in [0.3, 0.4) is 0 Å². The number of benzene rings is 1. The lowest BCUT2D eigenvalue weighted by Crippen LogP contribution is -1.77. The molecule has 0 amide bonds. The second-order valence-corrected chi connectivity index (χ2v) is 3.21. The Morgan fingerprint density at radius 2 is 2.33 bits per heavy atom. The third-order valence-corrected chi connectivity index (χ3v) is 2.17. The van der Waals surface area contributed by atoms with Crippen molar-refractivity contribution in [3.63, 3.8) is 0 Å². The monoisotopic (exact) mass is 218 g/mol. The number of nitriles is 1. The van der Waals surface area contributed by atoms with E-state index in [0.29, 0.717) is 17.2 Å². The number of aromatic nitrogens is 1. The Kier molecular flexibility index (Phi) is 2.70. The van der Waals surface area contributed by atoms with Crippen LogP contribution in [-0.4, -0.2) is 4.98 Å². The molecule has 0 aliphatic heterocycles. The molecule has 3 nitrogen and oxygen atoms in total. The lowest BCUT2D eigenvalue weighted by atomic mass is 10.1. The Morgan fingerprint density at radius 3 is 3.00 bits per heavy atom. The first kappa shape index (κ1) is 9.75. The first-order valence-corrected chi connectivity index (χ1v) is 4.88. The van der Waals surface area contributed by atoms with Crippen molar-refractivity contribution in [1.29, 1.82) is 5.26 Å². The number of hydrogen-bond acceptors (Lipinski definition) is 3. The number of halogens is 1. The zero-order valence-corrected chi connectivity index (χ0v) is 8.53. The molecule has 0 saturated heterocycles. The molecule has 0 N–H and O–H groups in total. The molecule has 0 unspecified atom stereocenters. The van der Waals surface area contributed by atoms with Gasteiger partial charge in [0.05, 0.1) is 23.7 Å². The lowest BCUT2D eigenvalue weighted by molar-refractivity contribution is 0.529. The molecule has 2 rings (SSSR count). The maximum Gasteiger partial charge on any atom is 0.209 e. The largest absolute Gasteiger partial charge is 0.439 e. The van der Waals surface area contributed by atoms with E-state index < -0.39 is 0 Å². The predicted molar refractivity (Wildman–Crippen MR) is 56.2 cm³/mol. The van der Waals surface area contributed by atoms with Gasteiger partial charge in [-0.3, -0.25) is 0 Å². The molecular weight excluding hydrogens is 212 g/mol. The maximum atomic E-state index is 8.74. The van der Waals surface area contributed by atoms with E-state index in [4.69, 9.17) is 21.3 Å². The van der Waals surface area contributed by atoms with Gasteiger partial charge in [-0.15, -0.1) is 11.6 Å². The van der Waals surface area contributed by atoms with Gasteiger partial charge < -0.3 is 4.42 Å². The normalized spacial score (nSPS) is 9.87. The molecule has 0 fully saturated rings. The Labute approximate surface area is 91.9 Å². The van der Waals surface area contributed by atoms with Crippen LogP contribution in [0.2, 0.25) is 0 Å². The zero-order chi connectivity index (χ0) is 10.7. The summed E-state index contributed by atoms with van der Waals surface area (Å²) in [5.74, 6) is 1.36. The van der Waals surface area contributed by atoms with Crippen LogP contribution in [-0.2, 0) is 5.88 Å². The van der Waals surface area contributed by atoms with Crippen LogP contribution >= 0.6 is 11.6 Å². The second kappa shape index (κ2) is 4.16. The molecule has 0 atom stereocenters. The van der Waals surface area contributed by atoms with Gasteiger partial charge in [0.2, 0.25) is 5.89 Å². The summed E-state index contributed by atoms with van der Waals surface area (Å²) in [6, 6.07) is 9.22. The van der Waals surface area contributed by atoms with Gasteiger partial charge in [-0.1, -0.05) is 12.1 Å². The molecule has 0 radical (unpaired) electrons. The third kappa shape index (κ3) is 2.00. The Hall–Kier alpha value is -1.79. The van der Waals surface area contributed by atoms with E-state index in [1.165, 1.54) is 0 Å². The number of alkyl halides is 1. The van der Waals surface area contributed by atoms with Gasteiger partial charge in [-0.25, -0.2) is 4.98 Å². The molecule has 74 valence electrons.